The normalized spacial score (nSPS) is 12.3. The van der Waals surface area contributed by atoms with Gasteiger partial charge in [-0.05, 0) is 48.9 Å². The van der Waals surface area contributed by atoms with E-state index in [1.54, 1.807) is 14.2 Å². The Morgan fingerprint density at radius 3 is 2.52 bits per heavy atom. The highest BCUT2D eigenvalue weighted by atomic mass is 16.5. The number of benzene rings is 2. The molecule has 0 aliphatic carbocycles. The van der Waals surface area contributed by atoms with Crippen LogP contribution in [0, 0.1) is 6.92 Å². The standard InChI is InChI=1S/C19H25NO3/c1-14-10-15(8-9-19(14)23-4)12-20(2)13-18(21)16-6-5-7-17(11-16)22-3/h5-11,18,21H,12-13H2,1-4H3. The number of rotatable bonds is 7. The van der Waals surface area contributed by atoms with Crippen LogP contribution in [-0.4, -0.2) is 37.8 Å². The van der Waals surface area contributed by atoms with E-state index in [0.29, 0.717) is 6.54 Å². The van der Waals surface area contributed by atoms with Gasteiger partial charge in [0.15, 0.2) is 0 Å². The van der Waals surface area contributed by atoms with Gasteiger partial charge in [-0.25, -0.2) is 0 Å². The third-order valence-corrected chi connectivity index (χ3v) is 3.87. The van der Waals surface area contributed by atoms with Crippen molar-refractivity contribution in [2.45, 2.75) is 19.6 Å². The van der Waals surface area contributed by atoms with Gasteiger partial charge in [0.2, 0.25) is 0 Å². The van der Waals surface area contributed by atoms with Gasteiger partial charge in [-0.3, -0.25) is 4.90 Å². The zero-order chi connectivity index (χ0) is 16.8. The first-order valence-electron chi connectivity index (χ1n) is 7.67. The fraction of sp³-hybridized carbons (Fsp3) is 0.368. The summed E-state index contributed by atoms with van der Waals surface area (Å²) in [7, 11) is 5.31. The summed E-state index contributed by atoms with van der Waals surface area (Å²) in [6, 6.07) is 13.7. The molecule has 124 valence electrons. The van der Waals surface area contributed by atoms with Gasteiger partial charge in [0.25, 0.3) is 0 Å². The molecule has 0 aliphatic rings. The van der Waals surface area contributed by atoms with Crippen molar-refractivity contribution >= 4 is 0 Å². The fourth-order valence-electron chi connectivity index (χ4n) is 2.66. The molecule has 1 unspecified atom stereocenters. The number of aryl methyl sites for hydroxylation is 1. The van der Waals surface area contributed by atoms with E-state index >= 15 is 0 Å². The van der Waals surface area contributed by atoms with E-state index in [2.05, 4.69) is 17.0 Å². The second-order valence-corrected chi connectivity index (χ2v) is 5.79. The topological polar surface area (TPSA) is 41.9 Å². The Labute approximate surface area is 138 Å². The minimum Gasteiger partial charge on any atom is -0.497 e. The van der Waals surface area contributed by atoms with E-state index in [9.17, 15) is 5.11 Å². The number of nitrogens with zero attached hydrogens (tertiary/aromatic N) is 1. The van der Waals surface area contributed by atoms with Crippen LogP contribution in [0.3, 0.4) is 0 Å². The van der Waals surface area contributed by atoms with Crippen molar-refractivity contribution in [3.63, 3.8) is 0 Å². The van der Waals surface area contributed by atoms with Crippen LogP contribution in [0.5, 0.6) is 11.5 Å². The highest BCUT2D eigenvalue weighted by Gasteiger charge is 2.12. The van der Waals surface area contributed by atoms with Crippen LogP contribution in [0.1, 0.15) is 22.8 Å². The van der Waals surface area contributed by atoms with Gasteiger partial charge in [0.05, 0.1) is 20.3 Å². The molecule has 0 saturated heterocycles. The maximum atomic E-state index is 10.4. The minimum absolute atomic E-state index is 0.547. The highest BCUT2D eigenvalue weighted by molar-refractivity contribution is 5.36. The number of aliphatic hydroxyl groups excluding tert-OH is 1. The zero-order valence-corrected chi connectivity index (χ0v) is 14.2. The molecular weight excluding hydrogens is 290 g/mol. The Hall–Kier alpha value is -2.04. The van der Waals surface area contributed by atoms with E-state index in [1.807, 2.05) is 44.3 Å². The largest absolute Gasteiger partial charge is 0.497 e. The first-order valence-corrected chi connectivity index (χ1v) is 7.67. The summed E-state index contributed by atoms with van der Waals surface area (Å²) in [6.45, 7) is 3.36. The summed E-state index contributed by atoms with van der Waals surface area (Å²) < 4.78 is 10.5. The number of hydrogen-bond donors (Lipinski definition) is 1. The molecule has 2 aromatic rings. The van der Waals surface area contributed by atoms with Gasteiger partial charge >= 0.3 is 0 Å². The Morgan fingerprint density at radius 2 is 1.87 bits per heavy atom. The van der Waals surface area contributed by atoms with E-state index in [1.165, 1.54) is 5.56 Å². The van der Waals surface area contributed by atoms with Gasteiger partial charge in [0.1, 0.15) is 11.5 Å². The Kier molecular flexibility index (Phi) is 6.02. The summed E-state index contributed by atoms with van der Waals surface area (Å²) in [6.07, 6.45) is -0.547. The molecule has 0 radical (unpaired) electrons. The summed E-state index contributed by atoms with van der Waals surface area (Å²) >= 11 is 0. The van der Waals surface area contributed by atoms with Crippen LogP contribution in [0.4, 0.5) is 0 Å². The lowest BCUT2D eigenvalue weighted by Crippen LogP contribution is -2.24. The molecule has 1 N–H and O–H groups in total. The summed E-state index contributed by atoms with van der Waals surface area (Å²) in [5.41, 5.74) is 3.18. The summed E-state index contributed by atoms with van der Waals surface area (Å²) in [5.74, 6) is 1.66. The molecule has 0 fully saturated rings. The fourth-order valence-corrected chi connectivity index (χ4v) is 2.66. The van der Waals surface area contributed by atoms with Crippen LogP contribution >= 0.6 is 0 Å². The number of likely N-dealkylation sites (N-methyl/N-ethyl adjacent to an activating group) is 1. The van der Waals surface area contributed by atoms with E-state index in [0.717, 1.165) is 29.2 Å². The van der Waals surface area contributed by atoms with Gasteiger partial charge in [-0.15, -0.1) is 0 Å². The van der Waals surface area contributed by atoms with E-state index in [4.69, 9.17) is 9.47 Å². The lowest BCUT2D eigenvalue weighted by molar-refractivity contribution is 0.123. The van der Waals surface area contributed by atoms with Gasteiger partial charge in [-0.1, -0.05) is 24.3 Å². The van der Waals surface area contributed by atoms with E-state index < -0.39 is 6.10 Å². The van der Waals surface area contributed by atoms with Gasteiger partial charge in [0, 0.05) is 13.1 Å². The molecule has 0 saturated carbocycles. The van der Waals surface area contributed by atoms with Crippen molar-refractivity contribution in [1.82, 2.24) is 4.90 Å². The lowest BCUT2D eigenvalue weighted by atomic mass is 10.1. The molecule has 1 atom stereocenters. The second-order valence-electron chi connectivity index (χ2n) is 5.79. The van der Waals surface area contributed by atoms with Crippen molar-refractivity contribution < 1.29 is 14.6 Å². The second kappa shape index (κ2) is 7.99. The molecule has 0 amide bonds. The van der Waals surface area contributed by atoms with Crippen LogP contribution < -0.4 is 9.47 Å². The molecule has 2 aromatic carbocycles. The minimum atomic E-state index is -0.547. The van der Waals surface area contributed by atoms with Crippen molar-refractivity contribution in [3.05, 3.63) is 59.2 Å². The summed E-state index contributed by atoms with van der Waals surface area (Å²) in [5, 5.41) is 10.4. The lowest BCUT2D eigenvalue weighted by Gasteiger charge is -2.21. The number of methoxy groups -OCH3 is 2. The van der Waals surface area contributed by atoms with Crippen molar-refractivity contribution in [2.75, 3.05) is 27.8 Å². The van der Waals surface area contributed by atoms with Crippen molar-refractivity contribution in [2.24, 2.45) is 0 Å². The van der Waals surface area contributed by atoms with Crippen LogP contribution in [0.25, 0.3) is 0 Å². The third kappa shape index (κ3) is 4.71. The molecule has 2 rings (SSSR count). The average Bonchev–Trinajstić information content (AvgIpc) is 2.55. The van der Waals surface area contributed by atoms with E-state index in [-0.39, 0.29) is 0 Å². The quantitative estimate of drug-likeness (QED) is 0.852. The molecular formula is C19H25NO3. The van der Waals surface area contributed by atoms with Crippen LogP contribution in [0.15, 0.2) is 42.5 Å². The maximum Gasteiger partial charge on any atom is 0.121 e. The summed E-state index contributed by atoms with van der Waals surface area (Å²) in [4.78, 5) is 2.10. The molecule has 0 heterocycles. The van der Waals surface area contributed by atoms with Crippen molar-refractivity contribution in [1.29, 1.82) is 0 Å². The molecule has 0 bridgehead atoms. The predicted molar refractivity (Wildman–Crippen MR) is 92.0 cm³/mol. The monoisotopic (exact) mass is 315 g/mol. The Bertz CT molecular complexity index is 642. The first kappa shape index (κ1) is 17.3. The van der Waals surface area contributed by atoms with Crippen LogP contribution in [-0.2, 0) is 6.54 Å². The van der Waals surface area contributed by atoms with Gasteiger partial charge < -0.3 is 14.6 Å². The van der Waals surface area contributed by atoms with Crippen LogP contribution in [0.2, 0.25) is 0 Å². The highest BCUT2D eigenvalue weighted by Crippen LogP contribution is 2.22. The Morgan fingerprint density at radius 1 is 1.09 bits per heavy atom. The third-order valence-electron chi connectivity index (χ3n) is 3.87. The Balaban J connectivity index is 1.98. The molecule has 0 aromatic heterocycles. The average molecular weight is 315 g/mol. The SMILES string of the molecule is COc1cccc(C(O)CN(C)Cc2ccc(OC)c(C)c2)c1. The zero-order valence-electron chi connectivity index (χ0n) is 14.2. The van der Waals surface area contributed by atoms with Gasteiger partial charge in [-0.2, -0.15) is 0 Å². The molecule has 0 spiro atoms. The predicted octanol–water partition coefficient (Wildman–Crippen LogP) is 3.18. The first-order chi connectivity index (χ1) is 11.0. The number of ether oxygens (including phenoxy) is 2. The smallest absolute Gasteiger partial charge is 0.121 e. The molecule has 4 heteroatoms. The van der Waals surface area contributed by atoms with Crippen molar-refractivity contribution in [3.8, 4) is 11.5 Å². The molecule has 23 heavy (non-hydrogen) atoms. The maximum absolute atomic E-state index is 10.4. The molecule has 4 nitrogen and oxygen atoms in total. The molecule has 0 aliphatic heterocycles. The number of aliphatic hydroxyl groups is 1. The number of hydrogen-bond acceptors (Lipinski definition) is 4.